The average molecular weight is 136 g/mol. The van der Waals surface area contributed by atoms with E-state index in [0.717, 1.165) is 12.8 Å². The molecule has 1 saturated carbocycles. The third-order valence-electron chi connectivity index (χ3n) is 2.28. The molecular formula is C9H12O. The number of rotatable bonds is 1. The van der Waals surface area contributed by atoms with Crippen molar-refractivity contribution in [3.63, 3.8) is 0 Å². The van der Waals surface area contributed by atoms with Gasteiger partial charge in [0.25, 0.3) is 0 Å². The Kier molecular flexibility index (Phi) is 2.11. The van der Waals surface area contributed by atoms with Crippen molar-refractivity contribution in [2.45, 2.75) is 26.2 Å². The van der Waals surface area contributed by atoms with Crippen LogP contribution in [0.2, 0.25) is 0 Å². The normalized spacial score (nSPS) is 32.2. The van der Waals surface area contributed by atoms with Crippen molar-refractivity contribution in [2.75, 3.05) is 0 Å². The number of carbonyl (C=O) groups excluding carboxylic acids is 1. The van der Waals surface area contributed by atoms with Crippen molar-refractivity contribution >= 4 is 5.78 Å². The Bertz CT molecular complexity index is 176. The second-order valence-electron chi connectivity index (χ2n) is 3.00. The van der Waals surface area contributed by atoms with E-state index in [9.17, 15) is 4.79 Å². The van der Waals surface area contributed by atoms with Crippen LogP contribution >= 0.6 is 0 Å². The van der Waals surface area contributed by atoms with Gasteiger partial charge in [-0.05, 0) is 12.3 Å². The van der Waals surface area contributed by atoms with Gasteiger partial charge in [0.05, 0.1) is 0 Å². The average Bonchev–Trinajstić information content (AvgIpc) is 2.20. The van der Waals surface area contributed by atoms with Gasteiger partial charge in [-0.1, -0.05) is 6.92 Å². The summed E-state index contributed by atoms with van der Waals surface area (Å²) in [5.74, 6) is 3.60. The minimum absolute atomic E-state index is 0.171. The Balaban J connectivity index is 2.56. The van der Waals surface area contributed by atoms with Crippen LogP contribution in [0.15, 0.2) is 0 Å². The van der Waals surface area contributed by atoms with E-state index < -0.39 is 0 Å². The van der Waals surface area contributed by atoms with Crippen molar-refractivity contribution in [3.05, 3.63) is 0 Å². The SMILES string of the molecule is C#CC[C@@H]1C(=O)CCC1C. The second-order valence-corrected chi connectivity index (χ2v) is 3.00. The van der Waals surface area contributed by atoms with E-state index in [2.05, 4.69) is 12.8 Å². The lowest BCUT2D eigenvalue weighted by Gasteiger charge is -2.08. The predicted octanol–water partition coefficient (Wildman–Crippen LogP) is 1.62. The molecule has 10 heavy (non-hydrogen) atoms. The molecule has 1 aliphatic carbocycles. The first-order valence-corrected chi connectivity index (χ1v) is 3.72. The van der Waals surface area contributed by atoms with E-state index in [1.54, 1.807) is 0 Å². The Morgan fingerprint density at radius 1 is 1.80 bits per heavy atom. The molecule has 54 valence electrons. The van der Waals surface area contributed by atoms with Gasteiger partial charge < -0.3 is 0 Å². The lowest BCUT2D eigenvalue weighted by atomic mass is 9.95. The van der Waals surface area contributed by atoms with Crippen LogP contribution in [0.1, 0.15) is 26.2 Å². The van der Waals surface area contributed by atoms with Crippen LogP contribution < -0.4 is 0 Å². The highest BCUT2D eigenvalue weighted by Gasteiger charge is 2.30. The highest BCUT2D eigenvalue weighted by Crippen LogP contribution is 2.29. The zero-order valence-corrected chi connectivity index (χ0v) is 6.26. The molecule has 0 aromatic rings. The highest BCUT2D eigenvalue weighted by molar-refractivity contribution is 5.83. The van der Waals surface area contributed by atoms with Crippen LogP contribution in [0.5, 0.6) is 0 Å². The summed E-state index contributed by atoms with van der Waals surface area (Å²) in [5.41, 5.74) is 0. The summed E-state index contributed by atoms with van der Waals surface area (Å²) in [6.07, 6.45) is 7.55. The van der Waals surface area contributed by atoms with Gasteiger partial charge in [0.1, 0.15) is 5.78 Å². The summed E-state index contributed by atoms with van der Waals surface area (Å²) in [4.78, 5) is 11.1. The maximum atomic E-state index is 11.1. The summed E-state index contributed by atoms with van der Waals surface area (Å²) in [7, 11) is 0. The van der Waals surface area contributed by atoms with Crippen LogP contribution in [0.4, 0.5) is 0 Å². The molecule has 0 amide bonds. The molecule has 1 unspecified atom stereocenters. The zero-order valence-electron chi connectivity index (χ0n) is 6.26. The van der Waals surface area contributed by atoms with Gasteiger partial charge >= 0.3 is 0 Å². The monoisotopic (exact) mass is 136 g/mol. The van der Waals surface area contributed by atoms with Gasteiger partial charge in [0.15, 0.2) is 0 Å². The van der Waals surface area contributed by atoms with E-state index in [0.29, 0.717) is 18.1 Å². The molecule has 1 aliphatic rings. The number of hydrogen-bond donors (Lipinski definition) is 0. The van der Waals surface area contributed by atoms with Crippen LogP contribution in [-0.4, -0.2) is 5.78 Å². The molecule has 0 heterocycles. The molecule has 0 N–H and O–H groups in total. The molecule has 0 radical (unpaired) electrons. The van der Waals surface area contributed by atoms with Crippen molar-refractivity contribution in [1.82, 2.24) is 0 Å². The van der Waals surface area contributed by atoms with Gasteiger partial charge in [-0.3, -0.25) is 4.79 Å². The van der Waals surface area contributed by atoms with Crippen molar-refractivity contribution in [3.8, 4) is 12.3 Å². The topological polar surface area (TPSA) is 17.1 Å². The first-order chi connectivity index (χ1) is 4.75. The van der Waals surface area contributed by atoms with Crippen LogP contribution in [0.25, 0.3) is 0 Å². The van der Waals surface area contributed by atoms with Crippen molar-refractivity contribution in [1.29, 1.82) is 0 Å². The Hall–Kier alpha value is -0.770. The molecule has 1 fully saturated rings. The number of terminal acetylenes is 1. The molecule has 0 aliphatic heterocycles. The molecule has 1 nitrogen and oxygen atoms in total. The third-order valence-corrected chi connectivity index (χ3v) is 2.28. The minimum Gasteiger partial charge on any atom is -0.299 e. The van der Waals surface area contributed by atoms with E-state index in [1.807, 2.05) is 0 Å². The van der Waals surface area contributed by atoms with Crippen LogP contribution in [-0.2, 0) is 4.79 Å². The Morgan fingerprint density at radius 3 is 2.90 bits per heavy atom. The zero-order chi connectivity index (χ0) is 7.56. The lowest BCUT2D eigenvalue weighted by Crippen LogP contribution is -2.11. The number of ketones is 1. The Labute approximate surface area is 61.8 Å². The fourth-order valence-electron chi connectivity index (χ4n) is 1.52. The van der Waals surface area contributed by atoms with E-state index >= 15 is 0 Å². The standard InChI is InChI=1S/C9H12O/c1-3-4-8-7(2)5-6-9(8)10/h1,7-8H,4-6H2,2H3/t7?,8-/m0/s1. The molecule has 1 heteroatoms. The van der Waals surface area contributed by atoms with Gasteiger partial charge in [0.2, 0.25) is 0 Å². The molecule has 0 aromatic heterocycles. The molecule has 0 saturated heterocycles. The number of hydrogen-bond acceptors (Lipinski definition) is 1. The quantitative estimate of drug-likeness (QED) is 0.501. The molecular weight excluding hydrogens is 124 g/mol. The van der Waals surface area contributed by atoms with Crippen LogP contribution in [0, 0.1) is 24.2 Å². The van der Waals surface area contributed by atoms with Crippen LogP contribution in [0.3, 0.4) is 0 Å². The van der Waals surface area contributed by atoms with Gasteiger partial charge in [0, 0.05) is 18.8 Å². The van der Waals surface area contributed by atoms with E-state index in [4.69, 9.17) is 6.42 Å². The van der Waals surface area contributed by atoms with E-state index in [1.165, 1.54) is 0 Å². The van der Waals surface area contributed by atoms with Crippen molar-refractivity contribution in [2.24, 2.45) is 11.8 Å². The second kappa shape index (κ2) is 2.88. The maximum absolute atomic E-state index is 11.1. The summed E-state index contributed by atoms with van der Waals surface area (Å²) < 4.78 is 0. The largest absolute Gasteiger partial charge is 0.299 e. The first kappa shape index (κ1) is 7.34. The van der Waals surface area contributed by atoms with E-state index in [-0.39, 0.29) is 5.92 Å². The molecule has 0 aromatic carbocycles. The van der Waals surface area contributed by atoms with Gasteiger partial charge in [-0.2, -0.15) is 0 Å². The predicted molar refractivity (Wildman–Crippen MR) is 40.3 cm³/mol. The maximum Gasteiger partial charge on any atom is 0.137 e. The fraction of sp³-hybridized carbons (Fsp3) is 0.667. The molecule has 2 atom stereocenters. The smallest absolute Gasteiger partial charge is 0.137 e. The Morgan fingerprint density at radius 2 is 2.50 bits per heavy atom. The lowest BCUT2D eigenvalue weighted by molar-refractivity contribution is -0.121. The summed E-state index contributed by atoms with van der Waals surface area (Å²) >= 11 is 0. The minimum atomic E-state index is 0.171. The fourth-order valence-corrected chi connectivity index (χ4v) is 1.52. The number of carbonyl (C=O) groups is 1. The summed E-state index contributed by atoms with van der Waals surface area (Å²) in [6, 6.07) is 0. The molecule has 0 bridgehead atoms. The summed E-state index contributed by atoms with van der Waals surface area (Å²) in [6.45, 7) is 2.10. The highest BCUT2D eigenvalue weighted by atomic mass is 16.1. The van der Waals surface area contributed by atoms with Crippen molar-refractivity contribution < 1.29 is 4.79 Å². The summed E-state index contributed by atoms with van der Waals surface area (Å²) in [5, 5.41) is 0. The van der Waals surface area contributed by atoms with Gasteiger partial charge in [-0.25, -0.2) is 0 Å². The van der Waals surface area contributed by atoms with Gasteiger partial charge in [-0.15, -0.1) is 12.3 Å². The molecule has 0 spiro atoms. The number of Topliss-reactive ketones (excluding diaryl/α,β-unsaturated/α-hetero) is 1. The third kappa shape index (κ3) is 1.21. The molecule has 1 rings (SSSR count). The first-order valence-electron chi connectivity index (χ1n) is 3.72.